The largest absolute Gasteiger partial charge is 0.508 e. The molecule has 1 aromatic heterocycles. The van der Waals surface area contributed by atoms with Crippen LogP contribution in [0.15, 0.2) is 41.0 Å². The Morgan fingerprint density at radius 1 is 1.28 bits per heavy atom. The van der Waals surface area contributed by atoms with Crippen LogP contribution in [0.5, 0.6) is 5.75 Å². The van der Waals surface area contributed by atoms with Gasteiger partial charge in [-0.15, -0.1) is 0 Å². The summed E-state index contributed by atoms with van der Waals surface area (Å²) in [5, 5.41) is 12.4. The van der Waals surface area contributed by atoms with Gasteiger partial charge in [-0.3, -0.25) is 0 Å². The summed E-state index contributed by atoms with van der Waals surface area (Å²) >= 11 is 3.31. The molecule has 2 rings (SSSR count). The molecule has 0 bridgehead atoms. The van der Waals surface area contributed by atoms with E-state index in [1.165, 1.54) is 0 Å². The minimum absolute atomic E-state index is 0.283. The van der Waals surface area contributed by atoms with Gasteiger partial charge in [-0.25, -0.2) is 4.98 Å². The minimum Gasteiger partial charge on any atom is -0.508 e. The zero-order valence-electron chi connectivity index (χ0n) is 9.73. The average Bonchev–Trinajstić information content (AvgIpc) is 2.34. The zero-order valence-corrected chi connectivity index (χ0v) is 11.3. The van der Waals surface area contributed by atoms with Crippen molar-refractivity contribution in [1.82, 2.24) is 4.98 Å². The minimum atomic E-state index is 0.283. The van der Waals surface area contributed by atoms with Crippen molar-refractivity contribution in [2.75, 3.05) is 17.6 Å². The summed E-state index contributed by atoms with van der Waals surface area (Å²) < 4.78 is 0.865. The van der Waals surface area contributed by atoms with Gasteiger partial charge in [-0.05, 0) is 46.1 Å². The third kappa shape index (κ3) is 3.37. The van der Waals surface area contributed by atoms with Crippen LogP contribution in [0.1, 0.15) is 5.56 Å². The van der Waals surface area contributed by atoms with Gasteiger partial charge < -0.3 is 16.2 Å². The highest BCUT2D eigenvalue weighted by Crippen LogP contribution is 2.19. The van der Waals surface area contributed by atoms with Crippen molar-refractivity contribution in [3.05, 3.63) is 46.6 Å². The molecule has 4 N–H and O–H groups in total. The first-order valence-electron chi connectivity index (χ1n) is 5.58. The lowest BCUT2D eigenvalue weighted by Gasteiger charge is -2.08. The molecule has 0 aliphatic rings. The summed E-state index contributed by atoms with van der Waals surface area (Å²) in [6, 6.07) is 8.98. The van der Waals surface area contributed by atoms with Gasteiger partial charge in [0.1, 0.15) is 11.6 Å². The molecule has 18 heavy (non-hydrogen) atoms. The first-order valence-corrected chi connectivity index (χ1v) is 6.37. The van der Waals surface area contributed by atoms with Crippen LogP contribution in [0.4, 0.5) is 11.5 Å². The summed E-state index contributed by atoms with van der Waals surface area (Å²) in [5.74, 6) is 0.975. The van der Waals surface area contributed by atoms with Gasteiger partial charge in [0.2, 0.25) is 0 Å². The highest BCUT2D eigenvalue weighted by molar-refractivity contribution is 9.10. The molecule has 0 saturated heterocycles. The predicted molar refractivity (Wildman–Crippen MR) is 76.6 cm³/mol. The Morgan fingerprint density at radius 3 is 2.67 bits per heavy atom. The number of aromatic nitrogens is 1. The molecule has 0 amide bonds. The van der Waals surface area contributed by atoms with Gasteiger partial charge in [-0.2, -0.15) is 0 Å². The van der Waals surface area contributed by atoms with E-state index in [1.54, 1.807) is 18.3 Å². The van der Waals surface area contributed by atoms with Crippen molar-refractivity contribution in [2.45, 2.75) is 6.42 Å². The van der Waals surface area contributed by atoms with E-state index in [4.69, 9.17) is 5.73 Å². The van der Waals surface area contributed by atoms with E-state index >= 15 is 0 Å². The molecule has 1 aromatic carbocycles. The van der Waals surface area contributed by atoms with Crippen molar-refractivity contribution >= 4 is 27.4 Å². The maximum absolute atomic E-state index is 9.18. The van der Waals surface area contributed by atoms with Gasteiger partial charge in [0.15, 0.2) is 0 Å². The normalized spacial score (nSPS) is 10.3. The molecule has 1 heterocycles. The molecule has 4 nitrogen and oxygen atoms in total. The van der Waals surface area contributed by atoms with E-state index in [-0.39, 0.29) is 5.75 Å². The number of hydrogen-bond donors (Lipinski definition) is 3. The number of halogens is 1. The summed E-state index contributed by atoms with van der Waals surface area (Å²) in [4.78, 5) is 4.20. The first kappa shape index (κ1) is 12.7. The van der Waals surface area contributed by atoms with E-state index in [0.29, 0.717) is 11.5 Å². The lowest BCUT2D eigenvalue weighted by Crippen LogP contribution is -2.08. The Hall–Kier alpha value is -1.75. The van der Waals surface area contributed by atoms with Gasteiger partial charge in [0.05, 0.1) is 5.69 Å². The van der Waals surface area contributed by atoms with Crippen LogP contribution in [0, 0.1) is 0 Å². The van der Waals surface area contributed by atoms with Crippen molar-refractivity contribution < 1.29 is 5.11 Å². The Labute approximate surface area is 114 Å². The number of hydrogen-bond acceptors (Lipinski definition) is 4. The molecule has 0 aliphatic heterocycles. The predicted octanol–water partition coefficient (Wildman–Crippen LogP) is 2.79. The van der Waals surface area contributed by atoms with Gasteiger partial charge >= 0.3 is 0 Å². The van der Waals surface area contributed by atoms with E-state index in [0.717, 1.165) is 23.0 Å². The third-order valence-corrected chi connectivity index (χ3v) is 2.96. The maximum Gasteiger partial charge on any atom is 0.149 e. The molecule has 0 spiro atoms. The number of phenolic OH excluding ortho intramolecular Hbond substituents is 1. The number of nitrogens with zero attached hydrogens (tertiary/aromatic N) is 1. The second-order valence-electron chi connectivity index (χ2n) is 3.93. The summed E-state index contributed by atoms with van der Waals surface area (Å²) in [5.41, 5.74) is 7.60. The fourth-order valence-electron chi connectivity index (χ4n) is 1.59. The topological polar surface area (TPSA) is 71.2 Å². The molecule has 94 valence electrons. The number of aromatic hydroxyl groups is 1. The highest BCUT2D eigenvalue weighted by Gasteiger charge is 2.01. The highest BCUT2D eigenvalue weighted by atomic mass is 79.9. The lowest BCUT2D eigenvalue weighted by molar-refractivity contribution is 0.475. The number of benzene rings is 1. The van der Waals surface area contributed by atoms with E-state index in [9.17, 15) is 5.11 Å². The third-order valence-electron chi connectivity index (χ3n) is 2.53. The summed E-state index contributed by atoms with van der Waals surface area (Å²) in [7, 11) is 0. The number of phenols is 1. The Kier molecular flexibility index (Phi) is 4.04. The first-order chi connectivity index (χ1) is 8.65. The van der Waals surface area contributed by atoms with Gasteiger partial charge in [0, 0.05) is 17.2 Å². The molecule has 0 fully saturated rings. The van der Waals surface area contributed by atoms with Crippen LogP contribution in [-0.2, 0) is 6.42 Å². The van der Waals surface area contributed by atoms with Crippen molar-refractivity contribution in [3.63, 3.8) is 0 Å². The second kappa shape index (κ2) is 5.73. The lowest BCUT2D eigenvalue weighted by atomic mass is 10.1. The fraction of sp³-hybridized carbons (Fsp3) is 0.154. The Morgan fingerprint density at radius 2 is 2.00 bits per heavy atom. The van der Waals surface area contributed by atoms with Crippen LogP contribution < -0.4 is 11.1 Å². The quantitative estimate of drug-likeness (QED) is 0.812. The van der Waals surface area contributed by atoms with Crippen LogP contribution in [0.25, 0.3) is 0 Å². The van der Waals surface area contributed by atoms with Crippen LogP contribution in [0.2, 0.25) is 0 Å². The van der Waals surface area contributed by atoms with Crippen molar-refractivity contribution in [3.8, 4) is 5.75 Å². The second-order valence-corrected chi connectivity index (χ2v) is 4.85. The average molecular weight is 308 g/mol. The molecule has 0 radical (unpaired) electrons. The Balaban J connectivity index is 1.90. The number of nitrogens with two attached hydrogens (primary N) is 1. The molecule has 0 aliphatic carbocycles. The maximum atomic E-state index is 9.18. The smallest absolute Gasteiger partial charge is 0.149 e. The van der Waals surface area contributed by atoms with E-state index < -0.39 is 0 Å². The summed E-state index contributed by atoms with van der Waals surface area (Å²) in [6.45, 7) is 0.740. The van der Waals surface area contributed by atoms with E-state index in [1.807, 2.05) is 18.2 Å². The van der Waals surface area contributed by atoms with Crippen molar-refractivity contribution in [2.24, 2.45) is 0 Å². The van der Waals surface area contributed by atoms with Gasteiger partial charge in [-0.1, -0.05) is 12.1 Å². The molecular weight excluding hydrogens is 294 g/mol. The van der Waals surface area contributed by atoms with Gasteiger partial charge in [0.25, 0.3) is 0 Å². The molecular formula is C13H14BrN3O. The number of pyridine rings is 1. The fourth-order valence-corrected chi connectivity index (χ4v) is 1.94. The standard InChI is InChI=1S/C13H14BrN3O/c14-10-7-12(15)13(17-8-10)16-6-5-9-1-3-11(18)4-2-9/h1-4,7-8,18H,5-6,15H2,(H,16,17). The molecule has 5 heteroatoms. The van der Waals surface area contributed by atoms with Crippen LogP contribution in [0.3, 0.4) is 0 Å². The van der Waals surface area contributed by atoms with Crippen LogP contribution in [-0.4, -0.2) is 16.6 Å². The number of rotatable bonds is 4. The molecule has 0 atom stereocenters. The molecule has 0 saturated carbocycles. The monoisotopic (exact) mass is 307 g/mol. The number of nitrogen functional groups attached to an aromatic ring is 1. The number of anilines is 2. The summed E-state index contributed by atoms with van der Waals surface area (Å²) in [6.07, 6.45) is 2.55. The Bertz CT molecular complexity index is 528. The van der Waals surface area contributed by atoms with Crippen molar-refractivity contribution in [1.29, 1.82) is 0 Å². The van der Waals surface area contributed by atoms with Crippen LogP contribution >= 0.6 is 15.9 Å². The zero-order chi connectivity index (χ0) is 13.0. The SMILES string of the molecule is Nc1cc(Br)cnc1NCCc1ccc(O)cc1. The molecule has 0 unspecified atom stereocenters. The molecule has 2 aromatic rings. The van der Waals surface area contributed by atoms with E-state index in [2.05, 4.69) is 26.2 Å². The number of nitrogens with one attached hydrogen (secondary N) is 1.